The van der Waals surface area contributed by atoms with Crippen molar-refractivity contribution in [1.82, 2.24) is 5.32 Å². The molecule has 18 heavy (non-hydrogen) atoms. The second-order valence-electron chi connectivity index (χ2n) is 4.34. The van der Waals surface area contributed by atoms with Crippen LogP contribution in [0.1, 0.15) is 18.1 Å². The van der Waals surface area contributed by atoms with Crippen LogP contribution >= 0.6 is 0 Å². The van der Waals surface area contributed by atoms with Crippen LogP contribution in [0.3, 0.4) is 0 Å². The minimum absolute atomic E-state index is 0.115. The summed E-state index contributed by atoms with van der Waals surface area (Å²) >= 11 is 0. The van der Waals surface area contributed by atoms with Crippen molar-refractivity contribution in [3.63, 3.8) is 0 Å². The van der Waals surface area contributed by atoms with Gasteiger partial charge < -0.3 is 5.32 Å². The minimum atomic E-state index is -3.22. The summed E-state index contributed by atoms with van der Waals surface area (Å²) in [5.41, 5.74) is 3.02. The van der Waals surface area contributed by atoms with Crippen molar-refractivity contribution in [2.75, 3.05) is 30.2 Å². The Bertz CT molecular complexity index is 498. The summed E-state index contributed by atoms with van der Waals surface area (Å²) in [7, 11) is -1.41. The zero-order valence-corrected chi connectivity index (χ0v) is 12.3. The van der Waals surface area contributed by atoms with Gasteiger partial charge in [-0.05, 0) is 51.1 Å². The van der Waals surface area contributed by atoms with Crippen LogP contribution in [0.2, 0.25) is 0 Å². The number of sulfonamides is 1. The fourth-order valence-electron chi connectivity index (χ4n) is 1.68. The van der Waals surface area contributed by atoms with E-state index in [4.69, 9.17) is 0 Å². The summed E-state index contributed by atoms with van der Waals surface area (Å²) in [5, 5.41) is 2.98. The predicted molar refractivity (Wildman–Crippen MR) is 76.6 cm³/mol. The average Bonchev–Trinajstić information content (AvgIpc) is 2.34. The lowest BCUT2D eigenvalue weighted by Crippen LogP contribution is -2.37. The number of rotatable bonds is 6. The van der Waals surface area contributed by atoms with Crippen molar-refractivity contribution in [2.45, 2.75) is 20.8 Å². The van der Waals surface area contributed by atoms with Crippen LogP contribution in [-0.4, -0.2) is 34.3 Å². The molecule has 0 aliphatic carbocycles. The molecule has 0 amide bonds. The molecule has 1 aromatic rings. The molecule has 0 fully saturated rings. The molecular weight excluding hydrogens is 248 g/mol. The number of likely N-dealkylation sites (N-methyl/N-ethyl adjacent to an activating group) is 1. The molecule has 0 saturated heterocycles. The van der Waals surface area contributed by atoms with Gasteiger partial charge in [0.2, 0.25) is 10.0 Å². The van der Waals surface area contributed by atoms with Crippen molar-refractivity contribution in [1.29, 1.82) is 0 Å². The van der Waals surface area contributed by atoms with Crippen LogP contribution < -0.4 is 9.62 Å². The Kier molecular flexibility index (Phi) is 5.16. The molecule has 1 N–H and O–H groups in total. The molecule has 0 aromatic heterocycles. The van der Waals surface area contributed by atoms with E-state index in [9.17, 15) is 8.42 Å². The Hall–Kier alpha value is -1.07. The number of nitrogens with one attached hydrogen (secondary N) is 1. The highest BCUT2D eigenvalue weighted by atomic mass is 32.2. The highest BCUT2D eigenvalue weighted by Gasteiger charge is 2.20. The van der Waals surface area contributed by atoms with Gasteiger partial charge in [-0.25, -0.2) is 8.42 Å². The molecule has 0 bridgehead atoms. The third-order valence-electron chi connectivity index (χ3n) is 3.04. The van der Waals surface area contributed by atoms with Gasteiger partial charge in [0, 0.05) is 13.1 Å². The maximum atomic E-state index is 12.1. The van der Waals surface area contributed by atoms with E-state index in [1.165, 1.54) is 9.87 Å². The first kappa shape index (κ1) is 15.0. The number of aryl methyl sites for hydroxylation is 2. The summed E-state index contributed by atoms with van der Waals surface area (Å²) in [6.07, 6.45) is 0. The Morgan fingerprint density at radius 2 is 1.89 bits per heavy atom. The van der Waals surface area contributed by atoms with Crippen molar-refractivity contribution in [2.24, 2.45) is 0 Å². The first-order valence-electron chi connectivity index (χ1n) is 6.14. The van der Waals surface area contributed by atoms with E-state index in [0.717, 1.165) is 11.3 Å². The van der Waals surface area contributed by atoms with Gasteiger partial charge in [0.1, 0.15) is 0 Å². The fraction of sp³-hybridized carbons (Fsp3) is 0.538. The lowest BCUT2D eigenvalue weighted by Gasteiger charge is -2.24. The second kappa shape index (κ2) is 6.20. The average molecular weight is 270 g/mol. The van der Waals surface area contributed by atoms with Crippen LogP contribution in [0.5, 0.6) is 0 Å². The monoisotopic (exact) mass is 270 g/mol. The van der Waals surface area contributed by atoms with E-state index < -0.39 is 10.0 Å². The molecule has 5 heteroatoms. The third-order valence-corrected chi connectivity index (χ3v) is 4.84. The van der Waals surface area contributed by atoms with Gasteiger partial charge in [-0.1, -0.05) is 6.07 Å². The zero-order chi connectivity index (χ0) is 13.8. The van der Waals surface area contributed by atoms with E-state index in [1.807, 2.05) is 39.1 Å². The van der Waals surface area contributed by atoms with E-state index in [0.29, 0.717) is 13.1 Å². The van der Waals surface area contributed by atoms with E-state index in [1.54, 1.807) is 6.92 Å². The molecular formula is C13H22N2O2S. The van der Waals surface area contributed by atoms with Crippen LogP contribution in [0.25, 0.3) is 0 Å². The standard InChI is InChI=1S/C13H22N2O2S/c1-5-18(16,17)15(9-8-14-4)13-7-6-11(2)12(3)10-13/h6-7,10,14H,5,8-9H2,1-4H3. The van der Waals surface area contributed by atoms with E-state index in [2.05, 4.69) is 5.32 Å². The lowest BCUT2D eigenvalue weighted by molar-refractivity contribution is 0.590. The fourth-order valence-corrected chi connectivity index (χ4v) is 2.79. The predicted octanol–water partition coefficient (Wildman–Crippen LogP) is 1.68. The van der Waals surface area contributed by atoms with Crippen molar-refractivity contribution in [3.05, 3.63) is 29.3 Å². The maximum Gasteiger partial charge on any atom is 0.234 e. The number of nitrogens with zero attached hydrogens (tertiary/aromatic N) is 1. The Balaban J connectivity index is 3.13. The summed E-state index contributed by atoms with van der Waals surface area (Å²) in [4.78, 5) is 0. The van der Waals surface area contributed by atoms with Crippen LogP contribution in [0, 0.1) is 13.8 Å². The van der Waals surface area contributed by atoms with E-state index in [-0.39, 0.29) is 5.75 Å². The van der Waals surface area contributed by atoms with Gasteiger partial charge in [0.05, 0.1) is 11.4 Å². The molecule has 102 valence electrons. The number of hydrogen-bond donors (Lipinski definition) is 1. The van der Waals surface area contributed by atoms with Crippen molar-refractivity contribution >= 4 is 15.7 Å². The molecule has 0 unspecified atom stereocenters. The molecule has 0 heterocycles. The molecule has 0 atom stereocenters. The minimum Gasteiger partial charge on any atom is -0.318 e. The third kappa shape index (κ3) is 3.46. The molecule has 4 nitrogen and oxygen atoms in total. The molecule has 1 aromatic carbocycles. The number of hydrogen-bond acceptors (Lipinski definition) is 3. The Morgan fingerprint density at radius 1 is 1.22 bits per heavy atom. The summed E-state index contributed by atoms with van der Waals surface area (Å²) in [5.74, 6) is 0.115. The first-order valence-corrected chi connectivity index (χ1v) is 7.75. The molecule has 0 radical (unpaired) electrons. The first-order chi connectivity index (χ1) is 8.42. The smallest absolute Gasteiger partial charge is 0.234 e. The highest BCUT2D eigenvalue weighted by molar-refractivity contribution is 7.92. The molecule has 0 aliphatic rings. The SMILES string of the molecule is CCS(=O)(=O)N(CCNC)c1ccc(C)c(C)c1. The van der Waals surface area contributed by atoms with Gasteiger partial charge in [0.15, 0.2) is 0 Å². The van der Waals surface area contributed by atoms with Crippen molar-refractivity contribution < 1.29 is 8.42 Å². The summed E-state index contributed by atoms with van der Waals surface area (Å²) < 4.78 is 25.7. The topological polar surface area (TPSA) is 49.4 Å². The van der Waals surface area contributed by atoms with Crippen molar-refractivity contribution in [3.8, 4) is 0 Å². The Labute approximate surface area is 110 Å². The largest absolute Gasteiger partial charge is 0.318 e. The molecule has 0 spiro atoms. The van der Waals surface area contributed by atoms with Gasteiger partial charge >= 0.3 is 0 Å². The van der Waals surface area contributed by atoms with Gasteiger partial charge in [-0.3, -0.25) is 4.31 Å². The Morgan fingerprint density at radius 3 is 2.39 bits per heavy atom. The number of anilines is 1. The van der Waals surface area contributed by atoms with Gasteiger partial charge in [0.25, 0.3) is 0 Å². The van der Waals surface area contributed by atoms with Crippen LogP contribution in [0.4, 0.5) is 5.69 Å². The second-order valence-corrected chi connectivity index (χ2v) is 6.53. The lowest BCUT2D eigenvalue weighted by atomic mass is 10.1. The molecule has 1 rings (SSSR count). The van der Waals surface area contributed by atoms with Crippen LogP contribution in [-0.2, 0) is 10.0 Å². The molecule has 0 aliphatic heterocycles. The quantitative estimate of drug-likeness (QED) is 0.855. The van der Waals surface area contributed by atoms with Crippen LogP contribution in [0.15, 0.2) is 18.2 Å². The van der Waals surface area contributed by atoms with Gasteiger partial charge in [-0.15, -0.1) is 0 Å². The summed E-state index contributed by atoms with van der Waals surface area (Å²) in [6.45, 7) is 6.77. The van der Waals surface area contributed by atoms with Gasteiger partial charge in [-0.2, -0.15) is 0 Å². The zero-order valence-electron chi connectivity index (χ0n) is 11.5. The summed E-state index contributed by atoms with van der Waals surface area (Å²) in [6, 6.07) is 5.76. The maximum absolute atomic E-state index is 12.1. The molecule has 0 saturated carbocycles. The number of benzene rings is 1. The van der Waals surface area contributed by atoms with E-state index >= 15 is 0 Å². The highest BCUT2D eigenvalue weighted by Crippen LogP contribution is 2.21. The normalized spacial score (nSPS) is 11.6.